The summed E-state index contributed by atoms with van der Waals surface area (Å²) in [5, 5.41) is 13.9. The van der Waals surface area contributed by atoms with Gasteiger partial charge in [0.2, 0.25) is 0 Å². The van der Waals surface area contributed by atoms with E-state index in [4.69, 9.17) is 0 Å². The van der Waals surface area contributed by atoms with Crippen LogP contribution < -0.4 is 10.2 Å². The molecule has 0 atom stereocenters. The monoisotopic (exact) mass is 352 g/mol. The first-order valence-corrected chi connectivity index (χ1v) is 9.80. The Morgan fingerprint density at radius 2 is 1.83 bits per heavy atom. The average molecular weight is 352 g/mol. The van der Waals surface area contributed by atoms with Crippen LogP contribution in [0, 0.1) is 10.1 Å². The number of nitro groups is 1. The summed E-state index contributed by atoms with van der Waals surface area (Å²) in [6.07, 6.45) is 10.0. The number of piperidine rings is 1. The summed E-state index contributed by atoms with van der Waals surface area (Å²) < 4.78 is 0. The summed E-state index contributed by atoms with van der Waals surface area (Å²) in [6.45, 7) is 3.10. The van der Waals surface area contributed by atoms with E-state index in [9.17, 15) is 14.9 Å². The molecule has 0 aromatic carbocycles. The van der Waals surface area contributed by atoms with Gasteiger partial charge in [0, 0.05) is 18.9 Å². The number of quaternary nitrogens is 1. The van der Waals surface area contributed by atoms with Gasteiger partial charge in [0.1, 0.15) is 5.54 Å². The van der Waals surface area contributed by atoms with Gasteiger partial charge in [-0.2, -0.15) is 0 Å². The summed E-state index contributed by atoms with van der Waals surface area (Å²) in [4.78, 5) is 24.8. The number of hydrogen-bond donors (Lipinski definition) is 2. The molecule has 1 aliphatic heterocycles. The molecule has 1 saturated carbocycles. The van der Waals surface area contributed by atoms with Crippen molar-refractivity contribution in [2.75, 3.05) is 19.6 Å². The summed E-state index contributed by atoms with van der Waals surface area (Å²) >= 11 is 0.952. The zero-order valence-corrected chi connectivity index (χ0v) is 14.8. The molecule has 0 unspecified atom stereocenters. The fourth-order valence-corrected chi connectivity index (χ4v) is 5.01. The number of likely N-dealkylation sites (tertiary alicyclic amines) is 1. The number of carbonyl (C=O) groups is 1. The Hall–Kier alpha value is -1.47. The van der Waals surface area contributed by atoms with Gasteiger partial charge in [-0.05, 0) is 38.2 Å². The second-order valence-electron chi connectivity index (χ2n) is 7.08. The van der Waals surface area contributed by atoms with Crippen molar-refractivity contribution >= 4 is 22.2 Å². The van der Waals surface area contributed by atoms with Crippen LogP contribution in [0.4, 0.5) is 5.00 Å². The van der Waals surface area contributed by atoms with Crippen LogP contribution >= 0.6 is 11.3 Å². The van der Waals surface area contributed by atoms with Gasteiger partial charge < -0.3 is 10.2 Å². The molecule has 2 N–H and O–H groups in total. The van der Waals surface area contributed by atoms with E-state index in [0.717, 1.165) is 11.3 Å². The van der Waals surface area contributed by atoms with Crippen molar-refractivity contribution in [1.82, 2.24) is 5.32 Å². The van der Waals surface area contributed by atoms with Crippen LogP contribution in [0.3, 0.4) is 0 Å². The largest absolute Gasteiger partial charge is 0.345 e. The fourth-order valence-electron chi connectivity index (χ4n) is 4.28. The van der Waals surface area contributed by atoms with Crippen molar-refractivity contribution in [2.45, 2.75) is 56.9 Å². The average Bonchev–Trinajstić information content (AvgIpc) is 3.12. The molecule has 2 aliphatic rings. The third kappa shape index (κ3) is 3.78. The zero-order chi connectivity index (χ0) is 17.0. The zero-order valence-electron chi connectivity index (χ0n) is 14.0. The summed E-state index contributed by atoms with van der Waals surface area (Å²) in [5.41, 5.74) is 0.164. The van der Waals surface area contributed by atoms with Gasteiger partial charge in [-0.15, -0.1) is 0 Å². The van der Waals surface area contributed by atoms with Gasteiger partial charge in [-0.3, -0.25) is 14.9 Å². The van der Waals surface area contributed by atoms with E-state index < -0.39 is 4.92 Å². The molecule has 0 bridgehead atoms. The lowest BCUT2D eigenvalue weighted by atomic mass is 9.79. The predicted molar refractivity (Wildman–Crippen MR) is 93.7 cm³/mol. The van der Waals surface area contributed by atoms with Crippen LogP contribution in [0.25, 0.3) is 0 Å². The van der Waals surface area contributed by atoms with Crippen LogP contribution in [0.15, 0.2) is 12.1 Å². The van der Waals surface area contributed by atoms with Crippen molar-refractivity contribution in [2.24, 2.45) is 0 Å². The Labute approximate surface area is 146 Å². The lowest BCUT2D eigenvalue weighted by Crippen LogP contribution is -3.22. The number of thiophene rings is 1. The Morgan fingerprint density at radius 3 is 2.46 bits per heavy atom. The van der Waals surface area contributed by atoms with Crippen molar-refractivity contribution in [3.63, 3.8) is 0 Å². The lowest BCUT2D eigenvalue weighted by Gasteiger charge is -2.45. The third-order valence-electron chi connectivity index (χ3n) is 5.60. The second-order valence-corrected chi connectivity index (χ2v) is 8.15. The molecule has 6 nitrogen and oxygen atoms in total. The minimum absolute atomic E-state index is 0.0224. The van der Waals surface area contributed by atoms with E-state index in [2.05, 4.69) is 5.32 Å². The number of carbonyl (C=O) groups excluding carboxylic acids is 1. The Kier molecular flexibility index (Phi) is 5.50. The molecule has 3 rings (SSSR count). The summed E-state index contributed by atoms with van der Waals surface area (Å²) in [7, 11) is 0. The van der Waals surface area contributed by atoms with E-state index in [1.807, 2.05) is 0 Å². The lowest BCUT2D eigenvalue weighted by molar-refractivity contribution is -0.957. The highest BCUT2D eigenvalue weighted by Gasteiger charge is 2.42. The van der Waals surface area contributed by atoms with E-state index >= 15 is 0 Å². The molecule has 0 radical (unpaired) electrons. The number of amides is 1. The fraction of sp³-hybridized carbons (Fsp3) is 0.706. The van der Waals surface area contributed by atoms with Crippen molar-refractivity contribution < 1.29 is 14.6 Å². The van der Waals surface area contributed by atoms with Crippen LogP contribution in [-0.4, -0.2) is 36.0 Å². The molecule has 1 aromatic rings. The quantitative estimate of drug-likeness (QED) is 0.630. The first-order chi connectivity index (χ1) is 11.6. The van der Waals surface area contributed by atoms with Crippen molar-refractivity contribution in [1.29, 1.82) is 0 Å². The van der Waals surface area contributed by atoms with Gasteiger partial charge in [0.05, 0.1) is 29.4 Å². The van der Waals surface area contributed by atoms with E-state index in [-0.39, 0.29) is 16.4 Å². The van der Waals surface area contributed by atoms with E-state index in [1.54, 1.807) is 11.0 Å². The third-order valence-corrected chi connectivity index (χ3v) is 6.64. The molecule has 24 heavy (non-hydrogen) atoms. The number of nitrogens with one attached hydrogen (secondary N) is 2. The Morgan fingerprint density at radius 1 is 1.17 bits per heavy atom. The summed E-state index contributed by atoms with van der Waals surface area (Å²) in [5.74, 6) is -0.172. The van der Waals surface area contributed by atoms with Crippen LogP contribution in [0.5, 0.6) is 0 Å². The van der Waals surface area contributed by atoms with Gasteiger partial charge in [0.15, 0.2) is 0 Å². The van der Waals surface area contributed by atoms with Crippen LogP contribution in [-0.2, 0) is 0 Å². The molecule has 1 aliphatic carbocycles. The molecule has 7 heteroatoms. The van der Waals surface area contributed by atoms with Gasteiger partial charge >= 0.3 is 5.00 Å². The maximum absolute atomic E-state index is 12.4. The topological polar surface area (TPSA) is 76.7 Å². The minimum Gasteiger partial charge on any atom is -0.345 e. The molecule has 2 heterocycles. The Balaban J connectivity index is 1.66. The SMILES string of the molecule is O=C(NCC1([NH+]2CCCCC2)CCCCC1)c1ccc([N+](=O)[O-])s1. The number of hydrogen-bond acceptors (Lipinski definition) is 4. The highest BCUT2D eigenvalue weighted by Crippen LogP contribution is 2.27. The smallest absolute Gasteiger partial charge is 0.324 e. The highest BCUT2D eigenvalue weighted by molar-refractivity contribution is 7.17. The van der Waals surface area contributed by atoms with E-state index in [1.165, 1.54) is 70.5 Å². The standard InChI is InChI=1S/C17H25N3O3S/c21-16(14-7-8-15(24-14)20(22)23)18-13-17(9-3-1-4-10-17)19-11-5-2-6-12-19/h7-8H,1-6,9-13H2,(H,18,21)/p+1. The Bertz CT molecular complexity index is 590. The maximum Gasteiger partial charge on any atom is 0.324 e. The van der Waals surface area contributed by atoms with Crippen LogP contribution in [0.2, 0.25) is 0 Å². The van der Waals surface area contributed by atoms with Gasteiger partial charge in [-0.1, -0.05) is 17.8 Å². The summed E-state index contributed by atoms with van der Waals surface area (Å²) in [6, 6.07) is 2.96. The normalized spacial score (nSPS) is 21.3. The highest BCUT2D eigenvalue weighted by atomic mass is 32.1. The van der Waals surface area contributed by atoms with Crippen LogP contribution in [0.1, 0.15) is 61.0 Å². The molecule has 1 amide bonds. The maximum atomic E-state index is 12.4. The van der Waals surface area contributed by atoms with Crippen molar-refractivity contribution in [3.05, 3.63) is 27.1 Å². The molecule has 0 spiro atoms. The molecule has 1 saturated heterocycles. The number of nitrogens with zero attached hydrogens (tertiary/aromatic N) is 1. The predicted octanol–water partition coefficient (Wildman–Crippen LogP) is 2.16. The molecular weight excluding hydrogens is 326 g/mol. The minimum atomic E-state index is -0.443. The molecular formula is C17H26N3O3S+. The molecule has 2 fully saturated rings. The number of rotatable bonds is 5. The second kappa shape index (κ2) is 7.61. The first kappa shape index (κ1) is 17.4. The van der Waals surface area contributed by atoms with Gasteiger partial charge in [-0.25, -0.2) is 0 Å². The molecule has 132 valence electrons. The van der Waals surface area contributed by atoms with E-state index in [0.29, 0.717) is 11.4 Å². The van der Waals surface area contributed by atoms with Gasteiger partial charge in [0.25, 0.3) is 5.91 Å². The molecule has 1 aromatic heterocycles. The first-order valence-electron chi connectivity index (χ1n) is 8.98. The van der Waals surface area contributed by atoms with Crippen molar-refractivity contribution in [3.8, 4) is 0 Å².